The smallest absolute Gasteiger partial charge is 0.328 e. The lowest BCUT2D eigenvalue weighted by atomic mass is 10.1. The number of nitrogen functional groups attached to an aromatic ring is 2. The van der Waals surface area contributed by atoms with Crippen LogP contribution in [0, 0.1) is 0 Å². The van der Waals surface area contributed by atoms with Crippen molar-refractivity contribution in [1.29, 1.82) is 0 Å². The van der Waals surface area contributed by atoms with Crippen molar-refractivity contribution >= 4 is 46.5 Å². The first-order valence-electron chi connectivity index (χ1n) is 11.8. The van der Waals surface area contributed by atoms with Crippen LogP contribution >= 0.6 is 0 Å². The fourth-order valence-corrected chi connectivity index (χ4v) is 3.10. The summed E-state index contributed by atoms with van der Waals surface area (Å²) in [4.78, 5) is 53.6. The van der Waals surface area contributed by atoms with Crippen LogP contribution in [0.15, 0.2) is 30.5 Å². The highest BCUT2D eigenvalue weighted by Crippen LogP contribution is 2.19. The van der Waals surface area contributed by atoms with Gasteiger partial charge in [-0.05, 0) is 30.7 Å². The third-order valence-electron chi connectivity index (χ3n) is 4.92. The molecule has 0 saturated carbocycles. The van der Waals surface area contributed by atoms with Gasteiger partial charge in [-0.1, -0.05) is 0 Å². The molecule has 0 spiro atoms. The summed E-state index contributed by atoms with van der Waals surface area (Å²) in [6.07, 6.45) is 1.23. The van der Waals surface area contributed by atoms with Crippen molar-refractivity contribution in [3.8, 4) is 0 Å². The number of hydrogen-bond donors (Lipinski definition) is 3. The fraction of sp³-hybridized carbons (Fsp3) is 0.318. The standard InChI is InChI=1S/C22H26N8O5/c1-30(11-13-10-25-19-17(26-13)18(23)28-22(24)29-19)14-6-4-12(5-7-14)20(32)27-15(21(33)35-3)8-9-16(31)34-2/h4-7,10,15H,8-9,11H2,1-3H3,(H,27,32)(H4,23,24,25,28,29)/i1D3. The average Bonchev–Trinajstić information content (AvgIpc) is 2.88. The number of aromatic nitrogens is 4. The van der Waals surface area contributed by atoms with E-state index < -0.39 is 30.9 Å². The van der Waals surface area contributed by atoms with Crippen LogP contribution in [0.2, 0.25) is 0 Å². The lowest BCUT2D eigenvalue weighted by molar-refractivity contribution is -0.144. The van der Waals surface area contributed by atoms with Gasteiger partial charge in [0.25, 0.3) is 5.91 Å². The van der Waals surface area contributed by atoms with E-state index in [4.69, 9.17) is 20.3 Å². The lowest BCUT2D eigenvalue weighted by Crippen LogP contribution is -2.41. The summed E-state index contributed by atoms with van der Waals surface area (Å²) in [5.41, 5.74) is 12.5. The van der Waals surface area contributed by atoms with E-state index in [2.05, 4.69) is 30.0 Å². The Bertz CT molecular complexity index is 1340. The van der Waals surface area contributed by atoms with Crippen LogP contribution in [-0.4, -0.2) is 65.0 Å². The Kier molecular flexibility index (Phi) is 6.63. The normalized spacial score (nSPS) is 13.1. The molecule has 13 nitrogen and oxygen atoms in total. The summed E-state index contributed by atoms with van der Waals surface area (Å²) < 4.78 is 33.2. The Morgan fingerprint density at radius 3 is 2.51 bits per heavy atom. The molecule has 1 amide bonds. The number of hydrogen-bond acceptors (Lipinski definition) is 12. The van der Waals surface area contributed by atoms with Crippen molar-refractivity contribution in [2.45, 2.75) is 25.4 Å². The Labute approximate surface area is 205 Å². The van der Waals surface area contributed by atoms with Gasteiger partial charge in [-0.2, -0.15) is 9.97 Å². The third kappa shape index (κ3) is 6.28. The number of anilines is 3. The number of fused-ring (bicyclic) bond motifs is 1. The summed E-state index contributed by atoms with van der Waals surface area (Å²) in [5.74, 6) is -1.94. The van der Waals surface area contributed by atoms with Crippen LogP contribution < -0.4 is 21.7 Å². The highest BCUT2D eigenvalue weighted by atomic mass is 16.5. The largest absolute Gasteiger partial charge is 0.469 e. The van der Waals surface area contributed by atoms with Crippen molar-refractivity contribution < 1.29 is 28.0 Å². The Morgan fingerprint density at radius 1 is 1.11 bits per heavy atom. The van der Waals surface area contributed by atoms with Gasteiger partial charge in [-0.15, -0.1) is 0 Å². The van der Waals surface area contributed by atoms with Crippen LogP contribution in [0.1, 0.15) is 33.0 Å². The molecule has 5 N–H and O–H groups in total. The van der Waals surface area contributed by atoms with Gasteiger partial charge in [-0.3, -0.25) is 9.59 Å². The first kappa shape index (κ1) is 21.0. The molecule has 184 valence electrons. The van der Waals surface area contributed by atoms with E-state index in [1.165, 1.54) is 37.6 Å². The molecule has 2 heterocycles. The number of esters is 2. The van der Waals surface area contributed by atoms with E-state index in [9.17, 15) is 14.4 Å². The van der Waals surface area contributed by atoms with Crippen molar-refractivity contribution in [3.05, 3.63) is 41.7 Å². The maximum atomic E-state index is 12.7. The maximum absolute atomic E-state index is 12.7. The van der Waals surface area contributed by atoms with E-state index >= 15 is 0 Å². The molecular formula is C22H26N8O5. The molecule has 0 aliphatic heterocycles. The summed E-state index contributed by atoms with van der Waals surface area (Å²) in [6, 6.07) is 4.60. The first-order valence-corrected chi connectivity index (χ1v) is 10.3. The second kappa shape index (κ2) is 11.0. The lowest BCUT2D eigenvalue weighted by Gasteiger charge is -2.20. The van der Waals surface area contributed by atoms with Crippen molar-refractivity contribution in [3.63, 3.8) is 0 Å². The van der Waals surface area contributed by atoms with Crippen molar-refractivity contribution in [2.75, 3.05) is 37.6 Å². The zero-order chi connectivity index (χ0) is 28.0. The van der Waals surface area contributed by atoms with Crippen LogP contribution in [0.5, 0.6) is 0 Å². The van der Waals surface area contributed by atoms with E-state index in [-0.39, 0.29) is 59.3 Å². The minimum atomic E-state index is -2.58. The molecular weight excluding hydrogens is 456 g/mol. The molecule has 0 fully saturated rings. The van der Waals surface area contributed by atoms with E-state index in [1.807, 2.05) is 0 Å². The maximum Gasteiger partial charge on any atom is 0.328 e. The molecule has 0 bridgehead atoms. The molecule has 1 atom stereocenters. The summed E-state index contributed by atoms with van der Waals surface area (Å²) in [6.45, 7) is -2.75. The molecule has 2 aromatic heterocycles. The van der Waals surface area contributed by atoms with Gasteiger partial charge in [0.05, 0.1) is 32.7 Å². The van der Waals surface area contributed by atoms with E-state index in [1.54, 1.807) is 0 Å². The summed E-state index contributed by atoms with van der Waals surface area (Å²) in [7, 11) is 2.37. The monoisotopic (exact) mass is 485 g/mol. The van der Waals surface area contributed by atoms with Crippen molar-refractivity contribution in [1.82, 2.24) is 25.3 Å². The molecule has 35 heavy (non-hydrogen) atoms. The number of benzene rings is 1. The number of nitrogens with zero attached hydrogens (tertiary/aromatic N) is 5. The minimum absolute atomic E-state index is 0.00879. The van der Waals surface area contributed by atoms with Crippen LogP contribution in [0.4, 0.5) is 17.5 Å². The predicted molar refractivity (Wildman–Crippen MR) is 127 cm³/mol. The number of carbonyl (C=O) groups excluding carboxylic acids is 3. The number of nitrogens with two attached hydrogens (primary N) is 2. The number of ether oxygens (including phenoxy) is 2. The molecule has 3 aromatic rings. The van der Waals surface area contributed by atoms with Gasteiger partial charge < -0.3 is 31.2 Å². The Morgan fingerprint density at radius 2 is 1.86 bits per heavy atom. The van der Waals surface area contributed by atoms with Gasteiger partial charge in [0.2, 0.25) is 5.95 Å². The van der Waals surface area contributed by atoms with Gasteiger partial charge in [0.15, 0.2) is 17.0 Å². The second-order valence-corrected chi connectivity index (χ2v) is 7.30. The van der Waals surface area contributed by atoms with Gasteiger partial charge in [0, 0.05) is 28.8 Å². The van der Waals surface area contributed by atoms with Crippen LogP contribution in [0.25, 0.3) is 11.2 Å². The van der Waals surface area contributed by atoms with Crippen LogP contribution in [0.3, 0.4) is 0 Å². The predicted octanol–water partition coefficient (Wildman–Crippen LogP) is 0.445. The summed E-state index contributed by atoms with van der Waals surface area (Å²) >= 11 is 0. The van der Waals surface area contributed by atoms with Crippen LogP contribution in [-0.2, 0) is 25.6 Å². The molecule has 3 rings (SSSR count). The summed E-state index contributed by atoms with van der Waals surface area (Å²) in [5, 5.41) is 2.51. The molecule has 0 radical (unpaired) electrons. The first-order chi connectivity index (χ1) is 17.9. The van der Waals surface area contributed by atoms with Gasteiger partial charge in [-0.25, -0.2) is 14.8 Å². The molecule has 0 aliphatic carbocycles. The number of carbonyl (C=O) groups is 3. The molecule has 1 unspecified atom stereocenters. The number of nitrogens with one attached hydrogen (secondary N) is 1. The Balaban J connectivity index is 1.80. The van der Waals surface area contributed by atoms with Gasteiger partial charge >= 0.3 is 11.9 Å². The Hall–Kier alpha value is -4.55. The van der Waals surface area contributed by atoms with E-state index in [0.717, 1.165) is 12.0 Å². The van der Waals surface area contributed by atoms with Gasteiger partial charge in [0.1, 0.15) is 6.04 Å². The third-order valence-corrected chi connectivity index (χ3v) is 4.92. The SMILES string of the molecule is [2H]C([2H])([2H])N(Cc1cnc2nc(N)nc(N)c2n1)c1ccc(C(=O)NC(CCC(=O)OC)C(=O)OC)cc1. The molecule has 0 saturated heterocycles. The molecule has 0 aliphatic rings. The number of methoxy groups -OCH3 is 2. The molecule has 1 aromatic carbocycles. The fourth-order valence-electron chi connectivity index (χ4n) is 3.10. The highest BCUT2D eigenvalue weighted by molar-refractivity contribution is 5.97. The van der Waals surface area contributed by atoms with E-state index in [0.29, 0.717) is 0 Å². The minimum Gasteiger partial charge on any atom is -0.469 e. The quantitative estimate of drug-likeness (QED) is 0.355. The average molecular weight is 486 g/mol. The topological polar surface area (TPSA) is 189 Å². The molecule has 13 heteroatoms. The zero-order valence-corrected chi connectivity index (χ0v) is 19.0. The highest BCUT2D eigenvalue weighted by Gasteiger charge is 2.23. The second-order valence-electron chi connectivity index (χ2n) is 7.30. The number of rotatable bonds is 9. The van der Waals surface area contributed by atoms with Crippen molar-refractivity contribution in [2.24, 2.45) is 0 Å². The number of amides is 1. The zero-order valence-electron chi connectivity index (χ0n) is 22.0.